The summed E-state index contributed by atoms with van der Waals surface area (Å²) in [6, 6.07) is 3.28. The maximum absolute atomic E-state index is 10.9. The molecular weight excluding hydrogens is 228 g/mol. The van der Waals surface area contributed by atoms with Gasteiger partial charge in [0.1, 0.15) is 5.69 Å². The summed E-state index contributed by atoms with van der Waals surface area (Å²) >= 11 is 1.37. The van der Waals surface area contributed by atoms with Crippen LogP contribution < -0.4 is 5.73 Å². The van der Waals surface area contributed by atoms with Crippen molar-refractivity contribution in [1.29, 1.82) is 0 Å². The maximum atomic E-state index is 10.9. The lowest BCUT2D eigenvalue weighted by Crippen LogP contribution is -2.13. The summed E-state index contributed by atoms with van der Waals surface area (Å²) in [6.45, 7) is 1.81. The van der Waals surface area contributed by atoms with Crippen LogP contribution in [0.5, 0.6) is 0 Å². The van der Waals surface area contributed by atoms with E-state index in [2.05, 4.69) is 4.98 Å². The summed E-state index contributed by atoms with van der Waals surface area (Å²) in [4.78, 5) is 25.9. The number of pyridine rings is 1. The zero-order valence-electron chi connectivity index (χ0n) is 8.71. The number of thioether (sulfide) groups is 1. The molecule has 86 valence electrons. The van der Waals surface area contributed by atoms with Gasteiger partial charge in [0.25, 0.3) is 5.91 Å². The zero-order valence-corrected chi connectivity index (χ0v) is 9.53. The first-order valence-electron chi connectivity index (χ1n) is 4.63. The molecule has 1 heterocycles. The highest BCUT2D eigenvalue weighted by molar-refractivity contribution is 8.00. The maximum Gasteiger partial charge on any atom is 0.304 e. The number of carbonyl (C=O) groups is 2. The lowest BCUT2D eigenvalue weighted by molar-refractivity contribution is -0.136. The molecule has 0 aliphatic rings. The fourth-order valence-electron chi connectivity index (χ4n) is 1.14. The summed E-state index contributed by atoms with van der Waals surface area (Å²) in [5.74, 6) is -1.43. The molecule has 0 aromatic carbocycles. The molecule has 0 aliphatic carbocycles. The first-order chi connectivity index (χ1) is 7.49. The fraction of sp³-hybridized carbons (Fsp3) is 0.300. The van der Waals surface area contributed by atoms with Crippen LogP contribution in [0.4, 0.5) is 0 Å². The number of carboxylic acids is 1. The molecule has 0 spiro atoms. The van der Waals surface area contributed by atoms with Crippen molar-refractivity contribution in [1.82, 2.24) is 4.98 Å². The summed E-state index contributed by atoms with van der Waals surface area (Å²) in [5, 5.41) is 8.54. The number of hydrogen-bond acceptors (Lipinski definition) is 4. The molecule has 3 N–H and O–H groups in total. The van der Waals surface area contributed by atoms with Crippen LogP contribution in [0, 0.1) is 0 Å². The number of aliphatic carboxylic acids is 1. The zero-order chi connectivity index (χ0) is 12.1. The van der Waals surface area contributed by atoms with Gasteiger partial charge in [-0.05, 0) is 12.1 Å². The monoisotopic (exact) mass is 240 g/mol. The number of carboxylic acid groups (broad SMARTS) is 1. The molecule has 0 fully saturated rings. The van der Waals surface area contributed by atoms with E-state index < -0.39 is 11.9 Å². The number of carbonyl (C=O) groups excluding carboxylic acids is 1. The van der Waals surface area contributed by atoms with Crippen molar-refractivity contribution in [2.75, 3.05) is 0 Å². The Bertz CT molecular complexity index is 409. The average Bonchev–Trinajstić information content (AvgIpc) is 2.16. The van der Waals surface area contributed by atoms with E-state index in [1.807, 2.05) is 6.92 Å². The van der Waals surface area contributed by atoms with E-state index >= 15 is 0 Å². The predicted octanol–water partition coefficient (Wildman–Crippen LogP) is 1.14. The average molecular weight is 240 g/mol. The minimum atomic E-state index is -0.843. The Morgan fingerprint density at radius 2 is 2.31 bits per heavy atom. The molecule has 0 radical (unpaired) electrons. The third kappa shape index (κ3) is 3.90. The number of aromatic nitrogens is 1. The van der Waals surface area contributed by atoms with E-state index in [9.17, 15) is 9.59 Å². The van der Waals surface area contributed by atoms with Crippen LogP contribution in [-0.2, 0) is 4.79 Å². The van der Waals surface area contributed by atoms with E-state index in [-0.39, 0.29) is 17.4 Å². The highest BCUT2D eigenvalue weighted by atomic mass is 32.2. The second-order valence-electron chi connectivity index (χ2n) is 3.27. The van der Waals surface area contributed by atoms with Crippen molar-refractivity contribution >= 4 is 23.6 Å². The molecule has 6 heteroatoms. The third-order valence-corrected chi connectivity index (χ3v) is 2.88. The van der Waals surface area contributed by atoms with Crippen LogP contribution >= 0.6 is 11.8 Å². The lowest BCUT2D eigenvalue weighted by atomic mass is 10.3. The standard InChI is InChI=1S/C10H12N2O3S/c1-6(4-9(13)14)16-7-2-3-12-8(5-7)10(11)15/h2-3,5-6H,4H2,1H3,(H2,11,15)(H,13,14). The SMILES string of the molecule is CC(CC(=O)O)Sc1ccnc(C(N)=O)c1. The van der Waals surface area contributed by atoms with E-state index in [1.165, 1.54) is 18.0 Å². The number of nitrogens with two attached hydrogens (primary N) is 1. The molecule has 5 nitrogen and oxygen atoms in total. The highest BCUT2D eigenvalue weighted by Crippen LogP contribution is 2.25. The normalized spacial score (nSPS) is 12.1. The van der Waals surface area contributed by atoms with Gasteiger partial charge in [0.05, 0.1) is 6.42 Å². The Hall–Kier alpha value is -1.56. The topological polar surface area (TPSA) is 93.3 Å². The summed E-state index contributed by atoms with van der Waals surface area (Å²) in [7, 11) is 0. The number of nitrogens with zero attached hydrogens (tertiary/aromatic N) is 1. The first kappa shape index (κ1) is 12.5. The first-order valence-corrected chi connectivity index (χ1v) is 5.51. The summed E-state index contributed by atoms with van der Waals surface area (Å²) in [5.41, 5.74) is 5.28. The Balaban J connectivity index is 2.70. The van der Waals surface area contributed by atoms with Crippen LogP contribution in [0.1, 0.15) is 23.8 Å². The second-order valence-corrected chi connectivity index (χ2v) is 4.78. The van der Waals surface area contributed by atoms with Gasteiger partial charge in [-0.1, -0.05) is 6.92 Å². The van der Waals surface area contributed by atoms with E-state index in [1.54, 1.807) is 12.1 Å². The number of primary amides is 1. The van der Waals surface area contributed by atoms with Gasteiger partial charge < -0.3 is 10.8 Å². The van der Waals surface area contributed by atoms with E-state index in [0.717, 1.165) is 4.90 Å². The van der Waals surface area contributed by atoms with E-state index in [0.29, 0.717) is 0 Å². The van der Waals surface area contributed by atoms with Gasteiger partial charge in [0.2, 0.25) is 0 Å². The van der Waals surface area contributed by atoms with Crippen molar-refractivity contribution in [2.24, 2.45) is 5.73 Å². The Morgan fingerprint density at radius 1 is 1.62 bits per heavy atom. The largest absolute Gasteiger partial charge is 0.481 e. The molecule has 0 saturated carbocycles. The highest BCUT2D eigenvalue weighted by Gasteiger charge is 2.10. The van der Waals surface area contributed by atoms with Crippen molar-refractivity contribution in [3.8, 4) is 0 Å². The van der Waals surface area contributed by atoms with E-state index in [4.69, 9.17) is 10.8 Å². The van der Waals surface area contributed by atoms with Gasteiger partial charge in [-0.25, -0.2) is 0 Å². The number of rotatable bonds is 5. The minimum Gasteiger partial charge on any atom is -0.481 e. The quantitative estimate of drug-likeness (QED) is 0.753. The Labute approximate surface area is 97.1 Å². The minimum absolute atomic E-state index is 0.0683. The number of amides is 1. The molecule has 1 aromatic heterocycles. The fourth-order valence-corrected chi connectivity index (χ4v) is 2.15. The van der Waals surface area contributed by atoms with Gasteiger partial charge in [0, 0.05) is 16.3 Å². The summed E-state index contributed by atoms with van der Waals surface area (Å²) in [6.07, 6.45) is 1.55. The Morgan fingerprint density at radius 3 is 2.88 bits per heavy atom. The van der Waals surface area contributed by atoms with Crippen LogP contribution in [0.2, 0.25) is 0 Å². The molecule has 0 saturated heterocycles. The molecule has 1 rings (SSSR count). The molecular formula is C10H12N2O3S. The van der Waals surface area contributed by atoms with Gasteiger partial charge in [-0.3, -0.25) is 14.6 Å². The third-order valence-electron chi connectivity index (χ3n) is 1.78. The van der Waals surface area contributed by atoms with Crippen molar-refractivity contribution in [2.45, 2.75) is 23.5 Å². The second kappa shape index (κ2) is 5.50. The molecule has 16 heavy (non-hydrogen) atoms. The van der Waals surface area contributed by atoms with Crippen molar-refractivity contribution in [3.05, 3.63) is 24.0 Å². The number of hydrogen-bond donors (Lipinski definition) is 2. The van der Waals surface area contributed by atoms with Crippen LogP contribution in [0.15, 0.2) is 23.2 Å². The van der Waals surface area contributed by atoms with Gasteiger partial charge in [-0.15, -0.1) is 11.8 Å². The molecule has 1 unspecified atom stereocenters. The molecule has 1 amide bonds. The van der Waals surface area contributed by atoms with Crippen molar-refractivity contribution in [3.63, 3.8) is 0 Å². The van der Waals surface area contributed by atoms with Crippen LogP contribution in [0.3, 0.4) is 0 Å². The predicted molar refractivity (Wildman–Crippen MR) is 60.3 cm³/mol. The smallest absolute Gasteiger partial charge is 0.304 e. The molecule has 1 atom stereocenters. The van der Waals surface area contributed by atoms with Gasteiger partial charge in [-0.2, -0.15) is 0 Å². The molecule has 1 aromatic rings. The molecule has 0 aliphatic heterocycles. The van der Waals surface area contributed by atoms with Crippen LogP contribution in [-0.4, -0.2) is 27.2 Å². The van der Waals surface area contributed by atoms with Crippen molar-refractivity contribution < 1.29 is 14.7 Å². The van der Waals surface area contributed by atoms with Gasteiger partial charge >= 0.3 is 5.97 Å². The van der Waals surface area contributed by atoms with Crippen LogP contribution in [0.25, 0.3) is 0 Å². The lowest BCUT2D eigenvalue weighted by Gasteiger charge is -2.08. The van der Waals surface area contributed by atoms with Gasteiger partial charge in [0.15, 0.2) is 0 Å². The Kier molecular flexibility index (Phi) is 4.30. The summed E-state index contributed by atoms with van der Waals surface area (Å²) < 4.78 is 0. The molecule has 0 bridgehead atoms.